The van der Waals surface area contributed by atoms with Crippen molar-refractivity contribution in [3.63, 3.8) is 0 Å². The lowest BCUT2D eigenvalue weighted by molar-refractivity contribution is 0.182. The standard InChI is InChI=1S/C17H23ClN2S/c18-12-1-4-17-15(11-12)16(7-10-21-17)19-13-5-8-20(9-6-13)14-2-3-14/h1,4,11,13-14,16,19H,2-3,5-10H2. The molecule has 1 unspecified atom stereocenters. The first-order valence-electron chi connectivity index (χ1n) is 8.22. The highest BCUT2D eigenvalue weighted by atomic mass is 35.5. The second kappa shape index (κ2) is 6.11. The summed E-state index contributed by atoms with van der Waals surface area (Å²) >= 11 is 8.17. The average molecular weight is 323 g/mol. The molecule has 114 valence electrons. The van der Waals surface area contributed by atoms with E-state index in [4.69, 9.17) is 11.6 Å². The summed E-state index contributed by atoms with van der Waals surface area (Å²) in [5.41, 5.74) is 1.42. The lowest BCUT2D eigenvalue weighted by atomic mass is 9.99. The monoisotopic (exact) mass is 322 g/mol. The summed E-state index contributed by atoms with van der Waals surface area (Å²) in [7, 11) is 0. The molecule has 0 radical (unpaired) electrons. The molecule has 2 heterocycles. The Bertz CT molecular complexity index is 510. The molecule has 2 fully saturated rings. The van der Waals surface area contributed by atoms with Crippen molar-refractivity contribution in [2.45, 2.75) is 55.1 Å². The zero-order valence-corrected chi connectivity index (χ0v) is 13.9. The number of nitrogens with zero attached hydrogens (tertiary/aromatic N) is 1. The molecule has 2 nitrogen and oxygen atoms in total. The van der Waals surface area contributed by atoms with E-state index in [0.29, 0.717) is 12.1 Å². The van der Waals surface area contributed by atoms with Gasteiger partial charge in [0.25, 0.3) is 0 Å². The number of halogens is 1. The largest absolute Gasteiger partial charge is 0.307 e. The number of piperidine rings is 1. The van der Waals surface area contributed by atoms with Gasteiger partial charge in [0.2, 0.25) is 0 Å². The lowest BCUT2D eigenvalue weighted by Crippen LogP contribution is -2.44. The van der Waals surface area contributed by atoms with Gasteiger partial charge in [-0.2, -0.15) is 0 Å². The van der Waals surface area contributed by atoms with Crippen LogP contribution >= 0.6 is 23.4 Å². The highest BCUT2D eigenvalue weighted by Crippen LogP contribution is 2.38. The zero-order chi connectivity index (χ0) is 14.2. The molecule has 1 aromatic rings. The Morgan fingerprint density at radius 2 is 1.90 bits per heavy atom. The molecule has 1 saturated heterocycles. The second-order valence-corrected chi connectivity index (χ2v) is 8.15. The maximum atomic E-state index is 6.20. The van der Waals surface area contributed by atoms with E-state index in [1.165, 1.54) is 61.4 Å². The van der Waals surface area contributed by atoms with Crippen LogP contribution in [-0.2, 0) is 0 Å². The van der Waals surface area contributed by atoms with Crippen LogP contribution in [0.2, 0.25) is 5.02 Å². The summed E-state index contributed by atoms with van der Waals surface area (Å²) in [6.07, 6.45) is 6.70. The molecule has 1 saturated carbocycles. The van der Waals surface area contributed by atoms with Crippen molar-refractivity contribution in [3.05, 3.63) is 28.8 Å². The number of hydrogen-bond donors (Lipinski definition) is 1. The fourth-order valence-electron chi connectivity index (χ4n) is 3.69. The minimum Gasteiger partial charge on any atom is -0.307 e. The minimum atomic E-state index is 0.498. The third-order valence-corrected chi connectivity index (χ3v) is 6.40. The number of likely N-dealkylation sites (tertiary alicyclic amines) is 1. The van der Waals surface area contributed by atoms with Crippen molar-refractivity contribution >= 4 is 23.4 Å². The zero-order valence-electron chi connectivity index (χ0n) is 12.4. The van der Waals surface area contributed by atoms with Crippen LogP contribution in [0, 0.1) is 0 Å². The SMILES string of the molecule is Clc1ccc2c(c1)C(NC1CCN(C3CC3)CC1)CCS2. The van der Waals surface area contributed by atoms with Gasteiger partial charge < -0.3 is 10.2 Å². The highest BCUT2D eigenvalue weighted by molar-refractivity contribution is 7.99. The average Bonchev–Trinajstić information content (AvgIpc) is 3.33. The summed E-state index contributed by atoms with van der Waals surface area (Å²) < 4.78 is 0. The molecule has 4 heteroatoms. The number of nitrogens with one attached hydrogen (secondary N) is 1. The van der Waals surface area contributed by atoms with Crippen molar-refractivity contribution in [1.29, 1.82) is 0 Å². The van der Waals surface area contributed by atoms with Gasteiger partial charge in [0.15, 0.2) is 0 Å². The van der Waals surface area contributed by atoms with Gasteiger partial charge in [-0.25, -0.2) is 0 Å². The van der Waals surface area contributed by atoms with E-state index in [0.717, 1.165) is 11.1 Å². The fraction of sp³-hybridized carbons (Fsp3) is 0.647. The second-order valence-electron chi connectivity index (χ2n) is 6.58. The van der Waals surface area contributed by atoms with Gasteiger partial charge in [0, 0.05) is 28.0 Å². The van der Waals surface area contributed by atoms with Crippen molar-refractivity contribution in [3.8, 4) is 0 Å². The fourth-order valence-corrected chi connectivity index (χ4v) is 4.98. The van der Waals surface area contributed by atoms with Crippen molar-refractivity contribution in [1.82, 2.24) is 10.2 Å². The first kappa shape index (κ1) is 14.4. The summed E-state index contributed by atoms with van der Waals surface area (Å²) in [5.74, 6) is 1.22. The van der Waals surface area contributed by atoms with Gasteiger partial charge in [-0.15, -0.1) is 11.8 Å². The molecule has 0 aromatic heterocycles. The van der Waals surface area contributed by atoms with Crippen LogP contribution in [0.5, 0.6) is 0 Å². The number of fused-ring (bicyclic) bond motifs is 1. The lowest BCUT2D eigenvalue weighted by Gasteiger charge is -2.36. The van der Waals surface area contributed by atoms with Crippen molar-refractivity contribution in [2.24, 2.45) is 0 Å². The van der Waals surface area contributed by atoms with Gasteiger partial charge in [-0.1, -0.05) is 11.6 Å². The molecule has 1 aromatic carbocycles. The number of thioether (sulfide) groups is 1. The van der Waals surface area contributed by atoms with Crippen LogP contribution in [0.4, 0.5) is 0 Å². The summed E-state index contributed by atoms with van der Waals surface area (Å²) in [6.45, 7) is 2.57. The van der Waals surface area contributed by atoms with Gasteiger partial charge in [0.1, 0.15) is 0 Å². The van der Waals surface area contributed by atoms with Crippen LogP contribution in [0.15, 0.2) is 23.1 Å². The van der Waals surface area contributed by atoms with Gasteiger partial charge >= 0.3 is 0 Å². The molecule has 0 spiro atoms. The first-order valence-corrected chi connectivity index (χ1v) is 9.58. The Labute approximate surface area is 136 Å². The molecular weight excluding hydrogens is 300 g/mol. The Kier molecular flexibility index (Phi) is 4.19. The number of rotatable bonds is 3. The summed E-state index contributed by atoms with van der Waals surface area (Å²) in [6, 6.07) is 8.48. The molecule has 21 heavy (non-hydrogen) atoms. The van der Waals surface area contributed by atoms with E-state index in [9.17, 15) is 0 Å². The quantitative estimate of drug-likeness (QED) is 0.902. The predicted molar refractivity (Wildman–Crippen MR) is 90.3 cm³/mol. The molecule has 3 aliphatic rings. The third-order valence-electron chi connectivity index (χ3n) is 5.04. The number of benzene rings is 1. The topological polar surface area (TPSA) is 15.3 Å². The predicted octanol–water partition coefficient (Wildman–Crippen LogP) is 4.09. The van der Waals surface area contributed by atoms with Crippen LogP contribution in [-0.4, -0.2) is 35.8 Å². The van der Waals surface area contributed by atoms with Crippen LogP contribution in [0.25, 0.3) is 0 Å². The maximum Gasteiger partial charge on any atom is 0.0410 e. The number of hydrogen-bond acceptors (Lipinski definition) is 3. The molecular formula is C17H23ClN2S. The molecule has 1 N–H and O–H groups in total. The molecule has 0 bridgehead atoms. The Morgan fingerprint density at radius 1 is 1.10 bits per heavy atom. The van der Waals surface area contributed by atoms with Crippen LogP contribution in [0.1, 0.15) is 43.7 Å². The Balaban J connectivity index is 1.40. The minimum absolute atomic E-state index is 0.498. The van der Waals surface area contributed by atoms with Gasteiger partial charge in [-0.3, -0.25) is 0 Å². The van der Waals surface area contributed by atoms with Crippen LogP contribution in [0.3, 0.4) is 0 Å². The van der Waals surface area contributed by atoms with Gasteiger partial charge in [-0.05, 0) is 74.7 Å². The van der Waals surface area contributed by atoms with E-state index < -0.39 is 0 Å². The molecule has 1 aliphatic carbocycles. The molecule has 0 amide bonds. The summed E-state index contributed by atoms with van der Waals surface area (Å²) in [5, 5.41) is 4.79. The molecule has 1 atom stereocenters. The van der Waals surface area contributed by atoms with E-state index in [1.54, 1.807) is 0 Å². The van der Waals surface area contributed by atoms with E-state index >= 15 is 0 Å². The van der Waals surface area contributed by atoms with Crippen molar-refractivity contribution in [2.75, 3.05) is 18.8 Å². The Hall–Kier alpha value is -0.220. The first-order chi connectivity index (χ1) is 10.3. The molecule has 4 rings (SSSR count). The van der Waals surface area contributed by atoms with Crippen molar-refractivity contribution < 1.29 is 0 Å². The molecule has 2 aliphatic heterocycles. The van der Waals surface area contributed by atoms with Gasteiger partial charge in [0.05, 0.1) is 0 Å². The van der Waals surface area contributed by atoms with E-state index in [-0.39, 0.29) is 0 Å². The van der Waals surface area contributed by atoms with E-state index in [1.807, 2.05) is 17.8 Å². The smallest absolute Gasteiger partial charge is 0.0410 e. The van der Waals surface area contributed by atoms with Crippen LogP contribution < -0.4 is 5.32 Å². The maximum absolute atomic E-state index is 6.20. The third kappa shape index (κ3) is 3.26. The highest BCUT2D eigenvalue weighted by Gasteiger charge is 2.32. The normalized spacial score (nSPS) is 27.6. The van der Waals surface area contributed by atoms with E-state index in [2.05, 4.69) is 22.3 Å². The summed E-state index contributed by atoms with van der Waals surface area (Å²) in [4.78, 5) is 4.11. The Morgan fingerprint density at radius 3 is 2.67 bits per heavy atom.